The lowest BCUT2D eigenvalue weighted by molar-refractivity contribution is 0.191. The summed E-state index contributed by atoms with van der Waals surface area (Å²) in [6, 6.07) is 13.5. The van der Waals surface area contributed by atoms with Gasteiger partial charge in [0.1, 0.15) is 6.61 Å². The zero-order valence-corrected chi connectivity index (χ0v) is 18.5. The van der Waals surface area contributed by atoms with E-state index in [1.807, 2.05) is 42.5 Å². The Morgan fingerprint density at radius 2 is 1.61 bits per heavy atom. The van der Waals surface area contributed by atoms with Crippen LogP contribution in [0.4, 0.5) is 0 Å². The summed E-state index contributed by atoms with van der Waals surface area (Å²) in [5.74, 6) is 1.43. The smallest absolute Gasteiger partial charge is 0.161 e. The fraction of sp³-hybridized carbons (Fsp3) is 0.400. The van der Waals surface area contributed by atoms with Crippen molar-refractivity contribution in [1.29, 1.82) is 0 Å². The number of aliphatic hydroxyl groups is 1. The van der Waals surface area contributed by atoms with Crippen LogP contribution in [0.1, 0.15) is 18.1 Å². The highest BCUT2D eigenvalue weighted by molar-refractivity contribution is 6.30. The van der Waals surface area contributed by atoms with Gasteiger partial charge in [-0.25, -0.2) is 0 Å². The second-order valence-corrected chi connectivity index (χ2v) is 6.57. The molecule has 158 valence electrons. The van der Waals surface area contributed by atoms with E-state index in [1.54, 1.807) is 14.0 Å². The zero-order chi connectivity index (χ0) is 18.8. The molecule has 0 fully saturated rings. The number of nitrogens with one attached hydrogen (secondary N) is 2. The maximum Gasteiger partial charge on any atom is 0.161 e. The third-order valence-electron chi connectivity index (χ3n) is 3.78. The summed E-state index contributed by atoms with van der Waals surface area (Å²) in [6.07, 6.45) is -0.320. The number of methoxy groups -OCH3 is 1. The van der Waals surface area contributed by atoms with E-state index in [2.05, 4.69) is 10.6 Å². The lowest BCUT2D eigenvalue weighted by atomic mass is 10.2. The van der Waals surface area contributed by atoms with E-state index in [0.29, 0.717) is 29.7 Å². The number of aliphatic hydroxyl groups excluding tert-OH is 1. The van der Waals surface area contributed by atoms with Gasteiger partial charge in [-0.1, -0.05) is 29.8 Å². The lowest BCUT2D eigenvalue weighted by Crippen LogP contribution is -2.31. The number of hydrogen-bond donors (Lipinski definition) is 3. The highest BCUT2D eigenvalue weighted by atomic mass is 35.5. The normalized spacial score (nSPS) is 11.1. The molecule has 2 rings (SSSR count). The Labute approximate surface area is 184 Å². The predicted octanol–water partition coefficient (Wildman–Crippen LogP) is 3.83. The second kappa shape index (κ2) is 14.7. The van der Waals surface area contributed by atoms with Gasteiger partial charge in [0.15, 0.2) is 11.5 Å². The van der Waals surface area contributed by atoms with Crippen LogP contribution < -0.4 is 20.1 Å². The largest absolute Gasteiger partial charge is 0.493 e. The van der Waals surface area contributed by atoms with Gasteiger partial charge in [0.25, 0.3) is 0 Å². The lowest BCUT2D eigenvalue weighted by Gasteiger charge is -2.13. The standard InChI is InChI=1S/C20H27ClN2O3.2ClH/c1-15(24)12-22-9-10-23-13-17-5-8-19(20(11-17)25-2)26-14-16-3-6-18(21)7-4-16;;/h3-8,11,15,22-24H,9-10,12-14H2,1-2H3;2*1H. The molecule has 8 heteroatoms. The molecule has 0 aliphatic heterocycles. The Bertz CT molecular complexity index is 670. The Morgan fingerprint density at radius 3 is 2.25 bits per heavy atom. The summed E-state index contributed by atoms with van der Waals surface area (Å²) in [4.78, 5) is 0. The van der Waals surface area contributed by atoms with Gasteiger partial charge in [-0.2, -0.15) is 0 Å². The van der Waals surface area contributed by atoms with Crippen LogP contribution in [0.2, 0.25) is 5.02 Å². The SMILES string of the molecule is COc1cc(CNCCNCC(C)O)ccc1OCc1ccc(Cl)cc1.Cl.Cl. The Hall–Kier alpha value is -1.21. The minimum absolute atomic E-state index is 0. The third kappa shape index (κ3) is 9.82. The zero-order valence-electron chi connectivity index (χ0n) is 16.1. The summed E-state index contributed by atoms with van der Waals surface area (Å²) >= 11 is 5.90. The second-order valence-electron chi connectivity index (χ2n) is 6.13. The van der Waals surface area contributed by atoms with Crippen molar-refractivity contribution in [3.63, 3.8) is 0 Å². The van der Waals surface area contributed by atoms with E-state index in [0.717, 1.165) is 30.8 Å². The van der Waals surface area contributed by atoms with Gasteiger partial charge < -0.3 is 25.2 Å². The molecule has 0 bridgehead atoms. The van der Waals surface area contributed by atoms with Crippen molar-refractivity contribution in [2.75, 3.05) is 26.7 Å². The average Bonchev–Trinajstić information content (AvgIpc) is 2.64. The van der Waals surface area contributed by atoms with E-state index in [9.17, 15) is 5.11 Å². The van der Waals surface area contributed by atoms with Crippen molar-refractivity contribution in [1.82, 2.24) is 10.6 Å². The Kier molecular flexibility index (Phi) is 14.1. The van der Waals surface area contributed by atoms with Crippen LogP contribution in [0, 0.1) is 0 Å². The van der Waals surface area contributed by atoms with Crippen LogP contribution in [-0.4, -0.2) is 38.0 Å². The maximum atomic E-state index is 9.18. The predicted molar refractivity (Wildman–Crippen MR) is 120 cm³/mol. The number of halogens is 3. The Morgan fingerprint density at radius 1 is 0.964 bits per heavy atom. The molecule has 0 aliphatic rings. The molecule has 5 nitrogen and oxygen atoms in total. The number of hydrogen-bond acceptors (Lipinski definition) is 5. The van der Waals surface area contributed by atoms with E-state index < -0.39 is 0 Å². The molecule has 1 atom stereocenters. The molecular weight excluding hydrogens is 423 g/mol. The molecular formula is C20H29Cl3N2O3. The summed E-state index contributed by atoms with van der Waals surface area (Å²) in [7, 11) is 1.64. The van der Waals surface area contributed by atoms with Crippen molar-refractivity contribution in [3.05, 3.63) is 58.6 Å². The topological polar surface area (TPSA) is 62.8 Å². The van der Waals surface area contributed by atoms with Crippen LogP contribution in [0.3, 0.4) is 0 Å². The summed E-state index contributed by atoms with van der Waals surface area (Å²) in [5, 5.41) is 16.4. The molecule has 2 aromatic rings. The van der Waals surface area contributed by atoms with Crippen molar-refractivity contribution < 1.29 is 14.6 Å². The minimum Gasteiger partial charge on any atom is -0.493 e. The number of benzene rings is 2. The van der Waals surface area contributed by atoms with Gasteiger partial charge in [0.2, 0.25) is 0 Å². The van der Waals surface area contributed by atoms with Crippen molar-refractivity contribution in [3.8, 4) is 11.5 Å². The van der Waals surface area contributed by atoms with E-state index in [-0.39, 0.29) is 30.9 Å². The average molecular weight is 452 g/mol. The van der Waals surface area contributed by atoms with Crippen LogP contribution in [-0.2, 0) is 13.2 Å². The molecule has 0 spiro atoms. The van der Waals surface area contributed by atoms with Crippen molar-refractivity contribution in [2.45, 2.75) is 26.2 Å². The van der Waals surface area contributed by atoms with E-state index >= 15 is 0 Å². The molecule has 0 aromatic heterocycles. The number of rotatable bonds is 11. The fourth-order valence-corrected chi connectivity index (χ4v) is 2.53. The van der Waals surface area contributed by atoms with Gasteiger partial charge in [0, 0.05) is 31.2 Å². The molecule has 3 N–H and O–H groups in total. The van der Waals surface area contributed by atoms with Crippen LogP contribution >= 0.6 is 36.4 Å². The third-order valence-corrected chi connectivity index (χ3v) is 4.04. The van der Waals surface area contributed by atoms with Gasteiger partial charge in [-0.3, -0.25) is 0 Å². The fourth-order valence-electron chi connectivity index (χ4n) is 2.40. The maximum absolute atomic E-state index is 9.18. The molecule has 0 radical (unpaired) electrons. The first-order valence-corrected chi connectivity index (χ1v) is 9.10. The van der Waals surface area contributed by atoms with E-state index in [4.69, 9.17) is 21.1 Å². The summed E-state index contributed by atoms with van der Waals surface area (Å²) < 4.78 is 11.3. The summed E-state index contributed by atoms with van der Waals surface area (Å²) in [6.45, 7) is 5.21. The first-order valence-electron chi connectivity index (χ1n) is 8.72. The first kappa shape index (κ1) is 26.8. The minimum atomic E-state index is -0.320. The molecule has 0 saturated carbocycles. The first-order chi connectivity index (χ1) is 12.6. The quantitative estimate of drug-likeness (QED) is 0.453. The monoisotopic (exact) mass is 450 g/mol. The molecule has 0 amide bonds. The van der Waals surface area contributed by atoms with Crippen molar-refractivity contribution in [2.24, 2.45) is 0 Å². The van der Waals surface area contributed by atoms with Crippen molar-refractivity contribution >= 4 is 36.4 Å². The highest BCUT2D eigenvalue weighted by Gasteiger charge is 2.06. The molecule has 2 aromatic carbocycles. The Balaban J connectivity index is 0.00000364. The van der Waals surface area contributed by atoms with Gasteiger partial charge in [-0.15, -0.1) is 24.8 Å². The van der Waals surface area contributed by atoms with Gasteiger partial charge in [-0.05, 0) is 42.3 Å². The van der Waals surface area contributed by atoms with E-state index in [1.165, 1.54) is 0 Å². The van der Waals surface area contributed by atoms with Crippen LogP contribution in [0.25, 0.3) is 0 Å². The van der Waals surface area contributed by atoms with Gasteiger partial charge in [0.05, 0.1) is 13.2 Å². The molecule has 0 heterocycles. The van der Waals surface area contributed by atoms with Crippen LogP contribution in [0.5, 0.6) is 11.5 Å². The van der Waals surface area contributed by atoms with Gasteiger partial charge >= 0.3 is 0 Å². The highest BCUT2D eigenvalue weighted by Crippen LogP contribution is 2.29. The summed E-state index contributed by atoms with van der Waals surface area (Å²) in [5.41, 5.74) is 2.17. The number of ether oxygens (including phenoxy) is 2. The molecule has 1 unspecified atom stereocenters. The molecule has 28 heavy (non-hydrogen) atoms. The molecule has 0 saturated heterocycles. The van der Waals surface area contributed by atoms with Crippen LogP contribution in [0.15, 0.2) is 42.5 Å². The molecule has 0 aliphatic carbocycles.